The highest BCUT2D eigenvalue weighted by Crippen LogP contribution is 2.35. The number of likely N-dealkylation sites (tertiary alicyclic amines) is 1. The molecule has 0 saturated carbocycles. The standard InChI is InChI=1S/C29H36N4O6S/c1-19(2)16-24(31-28(35)20-8-10-21(11-9-20)32-12-14-39-15-13-32)29(36)33-26(17-23-27(33)25(34)18-30-23)40(37,38)22-6-4-3-5-7-22/h3-11,19,23-24,26-27,30H,12-18H2,1-2H3,(H,31,35)/t23?,24-,26?,27?/m0/s1. The van der Waals surface area contributed by atoms with E-state index in [1.807, 2.05) is 26.0 Å². The van der Waals surface area contributed by atoms with Crippen molar-refractivity contribution in [2.45, 2.75) is 55.1 Å². The third-order valence-electron chi connectivity index (χ3n) is 7.82. The van der Waals surface area contributed by atoms with Gasteiger partial charge in [0.05, 0.1) is 24.7 Å². The Kier molecular flexibility index (Phi) is 8.25. The summed E-state index contributed by atoms with van der Waals surface area (Å²) in [6.45, 7) is 6.78. The van der Waals surface area contributed by atoms with Crippen LogP contribution < -0.4 is 15.5 Å². The van der Waals surface area contributed by atoms with E-state index in [4.69, 9.17) is 4.74 Å². The van der Waals surface area contributed by atoms with E-state index in [0.717, 1.165) is 18.8 Å². The van der Waals surface area contributed by atoms with Crippen LogP contribution in [0, 0.1) is 5.92 Å². The quantitative estimate of drug-likeness (QED) is 0.492. The second-order valence-corrected chi connectivity index (χ2v) is 13.1. The maximum absolute atomic E-state index is 14.1. The number of anilines is 1. The number of carbonyl (C=O) groups excluding carboxylic acids is 3. The zero-order valence-corrected chi connectivity index (χ0v) is 23.6. The average molecular weight is 569 g/mol. The van der Waals surface area contributed by atoms with Crippen LogP contribution in [0.5, 0.6) is 0 Å². The lowest BCUT2D eigenvalue weighted by Gasteiger charge is -2.33. The number of rotatable bonds is 8. The van der Waals surface area contributed by atoms with Crippen molar-refractivity contribution < 1.29 is 27.5 Å². The summed E-state index contributed by atoms with van der Waals surface area (Å²) in [5.41, 5.74) is 1.38. The van der Waals surface area contributed by atoms with Gasteiger partial charge in [0.2, 0.25) is 5.91 Å². The SMILES string of the molecule is CC(C)C[C@H](NC(=O)c1ccc(N2CCOCC2)cc1)C(=O)N1C2C(=O)CNC2CC1S(=O)(=O)c1ccccc1. The Labute approximate surface area is 235 Å². The highest BCUT2D eigenvalue weighted by Gasteiger charge is 2.55. The number of Topliss-reactive ketones (excluding diaryl/α,β-unsaturated/α-hetero) is 1. The van der Waals surface area contributed by atoms with E-state index in [2.05, 4.69) is 15.5 Å². The number of fused-ring (bicyclic) bond motifs is 1. The molecule has 0 bridgehead atoms. The van der Waals surface area contributed by atoms with Crippen molar-refractivity contribution in [3.05, 3.63) is 60.2 Å². The van der Waals surface area contributed by atoms with E-state index in [1.165, 1.54) is 17.0 Å². The van der Waals surface area contributed by atoms with Crippen molar-refractivity contribution >= 4 is 33.1 Å². The number of hydrogen-bond donors (Lipinski definition) is 2. The molecule has 40 heavy (non-hydrogen) atoms. The number of morpholine rings is 1. The summed E-state index contributed by atoms with van der Waals surface area (Å²) in [6, 6.07) is 12.8. The summed E-state index contributed by atoms with van der Waals surface area (Å²) in [6.07, 6.45) is 0.398. The summed E-state index contributed by atoms with van der Waals surface area (Å²) >= 11 is 0. The van der Waals surface area contributed by atoms with Crippen LogP contribution in [0.25, 0.3) is 0 Å². The van der Waals surface area contributed by atoms with Gasteiger partial charge < -0.3 is 25.2 Å². The van der Waals surface area contributed by atoms with Gasteiger partial charge in [-0.05, 0) is 48.7 Å². The highest BCUT2D eigenvalue weighted by molar-refractivity contribution is 7.92. The van der Waals surface area contributed by atoms with Gasteiger partial charge in [0.1, 0.15) is 17.5 Å². The number of amides is 2. The fourth-order valence-electron chi connectivity index (χ4n) is 5.83. The zero-order valence-electron chi connectivity index (χ0n) is 22.8. The summed E-state index contributed by atoms with van der Waals surface area (Å²) in [5, 5.41) is 4.72. The lowest BCUT2D eigenvalue weighted by Crippen LogP contribution is -2.56. The second-order valence-electron chi connectivity index (χ2n) is 11.0. The average Bonchev–Trinajstić information content (AvgIpc) is 3.53. The third-order valence-corrected chi connectivity index (χ3v) is 9.88. The Bertz CT molecular complexity index is 1340. The number of nitrogens with one attached hydrogen (secondary N) is 2. The third kappa shape index (κ3) is 5.63. The largest absolute Gasteiger partial charge is 0.378 e. The highest BCUT2D eigenvalue weighted by atomic mass is 32.2. The summed E-state index contributed by atoms with van der Waals surface area (Å²) < 4.78 is 32.8. The van der Waals surface area contributed by atoms with Crippen molar-refractivity contribution in [3.8, 4) is 0 Å². The molecule has 2 aromatic rings. The van der Waals surface area contributed by atoms with Gasteiger partial charge in [-0.25, -0.2) is 8.42 Å². The predicted molar refractivity (Wildman–Crippen MR) is 150 cm³/mol. The number of benzene rings is 2. The minimum absolute atomic E-state index is 0.0259. The van der Waals surface area contributed by atoms with Gasteiger partial charge in [0, 0.05) is 36.8 Å². The van der Waals surface area contributed by atoms with Crippen LogP contribution in [0.1, 0.15) is 37.0 Å². The second kappa shape index (κ2) is 11.7. The first kappa shape index (κ1) is 28.3. The Morgan fingerprint density at radius 1 is 1.05 bits per heavy atom. The van der Waals surface area contributed by atoms with E-state index >= 15 is 0 Å². The molecule has 3 aliphatic rings. The van der Waals surface area contributed by atoms with Crippen molar-refractivity contribution in [2.24, 2.45) is 5.92 Å². The molecule has 3 aliphatic heterocycles. The van der Waals surface area contributed by atoms with Gasteiger partial charge in [-0.1, -0.05) is 32.0 Å². The molecule has 3 fully saturated rings. The fraction of sp³-hybridized carbons (Fsp3) is 0.483. The monoisotopic (exact) mass is 568 g/mol. The first-order valence-electron chi connectivity index (χ1n) is 13.8. The first-order valence-corrected chi connectivity index (χ1v) is 15.3. The smallest absolute Gasteiger partial charge is 0.251 e. The number of sulfone groups is 1. The van der Waals surface area contributed by atoms with E-state index in [9.17, 15) is 22.8 Å². The van der Waals surface area contributed by atoms with E-state index in [-0.39, 0.29) is 29.6 Å². The maximum atomic E-state index is 14.1. The molecule has 11 heteroatoms. The maximum Gasteiger partial charge on any atom is 0.251 e. The topological polar surface area (TPSA) is 125 Å². The summed E-state index contributed by atoms with van der Waals surface area (Å²) in [4.78, 5) is 43.8. The van der Waals surface area contributed by atoms with Gasteiger partial charge in [-0.15, -0.1) is 0 Å². The molecule has 214 valence electrons. The van der Waals surface area contributed by atoms with Gasteiger partial charge in [0.15, 0.2) is 15.6 Å². The Morgan fingerprint density at radius 3 is 2.38 bits per heavy atom. The molecule has 3 heterocycles. The van der Waals surface area contributed by atoms with Gasteiger partial charge in [-0.3, -0.25) is 14.4 Å². The number of ketones is 1. The molecular formula is C29H36N4O6S. The van der Waals surface area contributed by atoms with Crippen LogP contribution >= 0.6 is 0 Å². The van der Waals surface area contributed by atoms with Crippen LogP contribution in [-0.4, -0.2) is 87.3 Å². The minimum Gasteiger partial charge on any atom is -0.378 e. The molecule has 10 nitrogen and oxygen atoms in total. The lowest BCUT2D eigenvalue weighted by molar-refractivity contribution is -0.139. The normalized spacial score (nSPS) is 23.8. The molecule has 0 aliphatic carbocycles. The summed E-state index contributed by atoms with van der Waals surface area (Å²) in [5.74, 6) is -1.18. The van der Waals surface area contributed by atoms with Crippen LogP contribution in [0.2, 0.25) is 0 Å². The van der Waals surface area contributed by atoms with E-state index in [0.29, 0.717) is 25.2 Å². The number of hydrogen-bond acceptors (Lipinski definition) is 8. The van der Waals surface area contributed by atoms with E-state index < -0.39 is 45.2 Å². The molecule has 0 radical (unpaired) electrons. The predicted octanol–water partition coefficient (Wildman–Crippen LogP) is 1.61. The van der Waals surface area contributed by atoms with Crippen LogP contribution in [0.4, 0.5) is 5.69 Å². The van der Waals surface area contributed by atoms with Crippen LogP contribution in [-0.2, 0) is 24.2 Å². The molecule has 0 spiro atoms. The van der Waals surface area contributed by atoms with Gasteiger partial charge in [-0.2, -0.15) is 0 Å². The zero-order chi connectivity index (χ0) is 28.4. The fourth-order valence-corrected chi connectivity index (χ4v) is 7.67. The van der Waals surface area contributed by atoms with Crippen molar-refractivity contribution in [2.75, 3.05) is 37.7 Å². The molecule has 4 atom stereocenters. The van der Waals surface area contributed by atoms with Crippen LogP contribution in [0.15, 0.2) is 59.5 Å². The van der Waals surface area contributed by atoms with Gasteiger partial charge >= 0.3 is 0 Å². The number of ether oxygens (including phenoxy) is 1. The van der Waals surface area contributed by atoms with Crippen molar-refractivity contribution in [3.63, 3.8) is 0 Å². The molecule has 2 amide bonds. The number of nitrogens with zero attached hydrogens (tertiary/aromatic N) is 2. The summed E-state index contributed by atoms with van der Waals surface area (Å²) in [7, 11) is -3.97. The van der Waals surface area contributed by atoms with Crippen molar-refractivity contribution in [1.29, 1.82) is 0 Å². The van der Waals surface area contributed by atoms with Crippen LogP contribution in [0.3, 0.4) is 0 Å². The van der Waals surface area contributed by atoms with Crippen molar-refractivity contribution in [1.82, 2.24) is 15.5 Å². The first-order chi connectivity index (χ1) is 19.2. The minimum atomic E-state index is -3.97. The Morgan fingerprint density at radius 2 is 1.73 bits per heavy atom. The molecule has 2 aromatic carbocycles. The molecular weight excluding hydrogens is 532 g/mol. The molecule has 3 unspecified atom stereocenters. The lowest BCUT2D eigenvalue weighted by atomic mass is 10.0. The number of carbonyl (C=O) groups is 3. The Balaban J connectivity index is 1.40. The Hall–Kier alpha value is -3.28. The molecule has 0 aromatic heterocycles. The van der Waals surface area contributed by atoms with Gasteiger partial charge in [0.25, 0.3) is 5.91 Å². The molecule has 5 rings (SSSR count). The van der Waals surface area contributed by atoms with E-state index in [1.54, 1.807) is 30.3 Å². The molecule has 3 saturated heterocycles. The molecule has 2 N–H and O–H groups in total.